The van der Waals surface area contributed by atoms with Gasteiger partial charge in [-0.15, -0.1) is 0 Å². The zero-order valence-corrected chi connectivity index (χ0v) is 17.4. The number of methoxy groups -OCH3 is 2. The summed E-state index contributed by atoms with van der Waals surface area (Å²) in [5.74, 6) is 0.724. The molecular formula is C23H28N2O4. The summed E-state index contributed by atoms with van der Waals surface area (Å²) in [5.41, 5.74) is 3.27. The molecule has 9 atom stereocenters. The number of carbonyl (C=O) groups is 1. The Labute approximate surface area is 171 Å². The highest BCUT2D eigenvalue weighted by molar-refractivity contribution is 6.08. The number of ether oxygens (including phenoxy) is 3. The van der Waals surface area contributed by atoms with E-state index >= 15 is 0 Å². The van der Waals surface area contributed by atoms with E-state index in [1.807, 2.05) is 0 Å². The summed E-state index contributed by atoms with van der Waals surface area (Å²) in [6.45, 7) is 3.84. The van der Waals surface area contributed by atoms with E-state index in [1.54, 1.807) is 14.2 Å². The Morgan fingerprint density at radius 3 is 2.76 bits per heavy atom. The number of para-hydroxylation sites is 1. The number of carbonyl (C=O) groups excluding carboxylic acids is 1. The number of fused-ring (bicyclic) bond motifs is 2. The van der Waals surface area contributed by atoms with E-state index in [-0.39, 0.29) is 35.6 Å². The Bertz CT molecular complexity index is 912. The van der Waals surface area contributed by atoms with Crippen molar-refractivity contribution < 1.29 is 19.0 Å². The minimum atomic E-state index is -0.266. The fraction of sp³-hybridized carbons (Fsp3) is 0.652. The maximum Gasteiger partial charge on any atom is 0.302 e. The van der Waals surface area contributed by atoms with Crippen molar-refractivity contribution in [2.45, 2.75) is 62.6 Å². The predicted octanol–water partition coefficient (Wildman–Crippen LogP) is 2.67. The maximum absolute atomic E-state index is 12.2. The van der Waals surface area contributed by atoms with Crippen LogP contribution in [0, 0.1) is 17.8 Å². The SMILES string of the molecule is COC(OC)C1[C@@H]2CC3C4=Nc5ccccc5C45C[C@@H]([C@H]2[C@H]5OC(C)=O)N3[C@H]1C. The van der Waals surface area contributed by atoms with Crippen LogP contribution in [0.15, 0.2) is 29.3 Å². The van der Waals surface area contributed by atoms with Gasteiger partial charge in [0.15, 0.2) is 6.29 Å². The minimum Gasteiger partial charge on any atom is -0.461 e. The first-order valence-electron chi connectivity index (χ1n) is 10.7. The first-order valence-corrected chi connectivity index (χ1v) is 10.7. The van der Waals surface area contributed by atoms with Gasteiger partial charge in [0.05, 0.1) is 22.9 Å². The molecule has 29 heavy (non-hydrogen) atoms. The lowest BCUT2D eigenvalue weighted by Gasteiger charge is -2.61. The number of piperidine rings is 4. The van der Waals surface area contributed by atoms with Crippen LogP contribution in [-0.4, -0.2) is 61.3 Å². The summed E-state index contributed by atoms with van der Waals surface area (Å²) >= 11 is 0. The molecule has 0 N–H and O–H groups in total. The highest BCUT2D eigenvalue weighted by atomic mass is 16.7. The fourth-order valence-electron chi connectivity index (χ4n) is 7.90. The van der Waals surface area contributed by atoms with Crippen LogP contribution in [0.5, 0.6) is 0 Å². The fourth-order valence-corrected chi connectivity index (χ4v) is 7.90. The normalized spacial score (nSPS) is 45.3. The second-order valence-electron chi connectivity index (χ2n) is 9.38. The van der Waals surface area contributed by atoms with E-state index in [9.17, 15) is 4.79 Å². The monoisotopic (exact) mass is 396 g/mol. The van der Waals surface area contributed by atoms with E-state index < -0.39 is 0 Å². The number of aliphatic imine (C=N–C) groups is 1. The number of hydrogen-bond donors (Lipinski definition) is 0. The quantitative estimate of drug-likeness (QED) is 0.579. The van der Waals surface area contributed by atoms with E-state index in [1.165, 1.54) is 18.2 Å². The molecule has 1 aromatic rings. The first kappa shape index (κ1) is 18.0. The molecule has 154 valence electrons. The smallest absolute Gasteiger partial charge is 0.302 e. The van der Waals surface area contributed by atoms with Crippen LogP contribution in [0.1, 0.15) is 32.3 Å². The van der Waals surface area contributed by atoms with Gasteiger partial charge in [0.1, 0.15) is 6.10 Å². The molecule has 1 aliphatic carbocycles. The standard InChI is InChI=1S/C23H28N2O4/c1-11-18(22(27-3)28-4)13-9-16-20-23(14-7-5-6-8-15(14)24-20)10-17(25(11)16)19(13)21(23)29-12(2)26/h5-8,11,13,16-19,21-22H,9-10H2,1-4H3/t11-,13-,16?,17-,18?,19-,21+,23?/m0/s1. The molecule has 1 saturated carbocycles. The Kier molecular flexibility index (Phi) is 3.67. The summed E-state index contributed by atoms with van der Waals surface area (Å²) in [4.78, 5) is 20.1. The van der Waals surface area contributed by atoms with Gasteiger partial charge < -0.3 is 14.2 Å². The van der Waals surface area contributed by atoms with Gasteiger partial charge in [-0.3, -0.25) is 14.7 Å². The third kappa shape index (κ3) is 1.98. The molecule has 1 aromatic carbocycles. The summed E-state index contributed by atoms with van der Waals surface area (Å²) in [5, 5.41) is 0. The molecule has 4 unspecified atom stereocenters. The molecule has 5 fully saturated rings. The second kappa shape index (κ2) is 5.90. The predicted molar refractivity (Wildman–Crippen MR) is 107 cm³/mol. The van der Waals surface area contributed by atoms with Gasteiger partial charge >= 0.3 is 5.97 Å². The summed E-state index contributed by atoms with van der Waals surface area (Å²) in [7, 11) is 3.45. The van der Waals surface area contributed by atoms with E-state index in [0.717, 1.165) is 18.5 Å². The van der Waals surface area contributed by atoms with Crippen molar-refractivity contribution in [1.29, 1.82) is 0 Å². The molecule has 0 aromatic heterocycles. The second-order valence-corrected chi connectivity index (χ2v) is 9.38. The minimum absolute atomic E-state index is 0.170. The van der Waals surface area contributed by atoms with Crippen LogP contribution >= 0.6 is 0 Å². The zero-order chi connectivity index (χ0) is 20.1. The molecule has 6 nitrogen and oxygen atoms in total. The highest BCUT2D eigenvalue weighted by Gasteiger charge is 2.75. The van der Waals surface area contributed by atoms with Gasteiger partial charge in [0.25, 0.3) is 0 Å². The van der Waals surface area contributed by atoms with Gasteiger partial charge in [-0.1, -0.05) is 18.2 Å². The number of hydrogen-bond acceptors (Lipinski definition) is 6. The number of esters is 1. The molecule has 1 spiro atoms. The molecular weight excluding hydrogens is 368 g/mol. The number of benzene rings is 1. The molecule has 5 aliphatic heterocycles. The topological polar surface area (TPSA) is 60.4 Å². The lowest BCUT2D eigenvalue weighted by Crippen LogP contribution is -2.71. The Balaban J connectivity index is 1.54. The molecule has 7 rings (SSSR count). The summed E-state index contributed by atoms with van der Waals surface area (Å²) in [6.07, 6.45) is 1.60. The van der Waals surface area contributed by atoms with Crippen LogP contribution in [0.3, 0.4) is 0 Å². The van der Waals surface area contributed by atoms with Crippen molar-refractivity contribution in [1.82, 2.24) is 4.90 Å². The Morgan fingerprint density at radius 1 is 1.28 bits per heavy atom. The van der Waals surface area contributed by atoms with Crippen LogP contribution in [0.2, 0.25) is 0 Å². The van der Waals surface area contributed by atoms with Crippen LogP contribution in [0.4, 0.5) is 5.69 Å². The maximum atomic E-state index is 12.2. The van der Waals surface area contributed by atoms with Crippen molar-refractivity contribution in [2.75, 3.05) is 14.2 Å². The Hall–Kier alpha value is -1.76. The number of rotatable bonds is 4. The molecule has 5 bridgehead atoms. The van der Waals surface area contributed by atoms with Gasteiger partial charge in [-0.2, -0.15) is 0 Å². The average molecular weight is 396 g/mol. The van der Waals surface area contributed by atoms with Gasteiger partial charge in [0.2, 0.25) is 0 Å². The van der Waals surface area contributed by atoms with Crippen molar-refractivity contribution in [3.63, 3.8) is 0 Å². The molecule has 5 heterocycles. The van der Waals surface area contributed by atoms with E-state index in [4.69, 9.17) is 19.2 Å². The molecule has 0 amide bonds. The lowest BCUT2D eigenvalue weighted by molar-refractivity contribution is -0.220. The summed E-state index contributed by atoms with van der Waals surface area (Å²) < 4.78 is 17.6. The van der Waals surface area contributed by atoms with Crippen molar-refractivity contribution in [2.24, 2.45) is 22.7 Å². The summed E-state index contributed by atoms with van der Waals surface area (Å²) in [6, 6.07) is 9.50. The lowest BCUT2D eigenvalue weighted by atomic mass is 9.62. The number of nitrogens with zero attached hydrogens (tertiary/aromatic N) is 2. The Morgan fingerprint density at radius 2 is 2.03 bits per heavy atom. The zero-order valence-electron chi connectivity index (χ0n) is 17.4. The molecule has 4 saturated heterocycles. The molecule has 6 aliphatic rings. The third-order valence-corrected chi connectivity index (χ3v) is 8.54. The van der Waals surface area contributed by atoms with Crippen LogP contribution in [0.25, 0.3) is 0 Å². The van der Waals surface area contributed by atoms with Crippen molar-refractivity contribution >= 4 is 17.4 Å². The van der Waals surface area contributed by atoms with Crippen molar-refractivity contribution in [3.8, 4) is 0 Å². The van der Waals surface area contributed by atoms with Gasteiger partial charge in [0, 0.05) is 45.1 Å². The van der Waals surface area contributed by atoms with Crippen molar-refractivity contribution in [3.05, 3.63) is 29.8 Å². The molecule has 0 radical (unpaired) electrons. The average Bonchev–Trinajstić information content (AvgIpc) is 3.17. The highest BCUT2D eigenvalue weighted by Crippen LogP contribution is 2.67. The van der Waals surface area contributed by atoms with Crippen LogP contribution < -0.4 is 0 Å². The van der Waals surface area contributed by atoms with E-state index in [2.05, 4.69) is 36.1 Å². The van der Waals surface area contributed by atoms with Gasteiger partial charge in [-0.25, -0.2) is 0 Å². The van der Waals surface area contributed by atoms with Gasteiger partial charge in [-0.05, 0) is 37.3 Å². The third-order valence-electron chi connectivity index (χ3n) is 8.54. The van der Waals surface area contributed by atoms with Crippen LogP contribution in [-0.2, 0) is 24.4 Å². The molecule has 6 heteroatoms. The first-order chi connectivity index (χ1) is 14.0. The largest absolute Gasteiger partial charge is 0.461 e. The van der Waals surface area contributed by atoms with E-state index in [0.29, 0.717) is 24.0 Å².